The van der Waals surface area contributed by atoms with E-state index in [1.54, 1.807) is 0 Å². The van der Waals surface area contributed by atoms with Crippen LogP contribution in [0.4, 0.5) is 14.5 Å². The van der Waals surface area contributed by atoms with Gasteiger partial charge in [0.2, 0.25) is 0 Å². The summed E-state index contributed by atoms with van der Waals surface area (Å²) in [4.78, 5) is -0.142. The van der Waals surface area contributed by atoms with Gasteiger partial charge in [0.25, 0.3) is 0 Å². The lowest BCUT2D eigenvalue weighted by atomic mass is 10.1. The number of rotatable bonds is 3. The van der Waals surface area contributed by atoms with E-state index < -0.39 is 27.9 Å². The summed E-state index contributed by atoms with van der Waals surface area (Å²) in [5.74, 6) is -0.349. The van der Waals surface area contributed by atoms with Gasteiger partial charge in [0.15, 0.2) is 9.84 Å². The van der Waals surface area contributed by atoms with E-state index in [2.05, 4.69) is 0 Å². The van der Waals surface area contributed by atoms with Gasteiger partial charge in [0.05, 0.1) is 4.90 Å². The molecule has 2 atom stereocenters. The van der Waals surface area contributed by atoms with Crippen LogP contribution in [-0.2, 0) is 16.3 Å². The maximum Gasteiger partial charge on any atom is 0.175 e. The number of nitrogen functional groups attached to an aromatic ring is 1. The van der Waals surface area contributed by atoms with Crippen molar-refractivity contribution in [2.24, 2.45) is 0 Å². The monoisotopic (exact) mass is 355 g/mol. The number of sulfone groups is 1. The maximum atomic E-state index is 13.9. The standard InChI is InChI=1S/C16H15F2NO4S/c1-24(21,22)14-3-2-13(11-7-12(18)16(20)15(11)14)23-10-5-8(17)4-9(19)6-10/h2-6,12,16,20H,7,19H2,1H3. The summed E-state index contributed by atoms with van der Waals surface area (Å²) in [7, 11) is -3.65. The number of nitrogens with two attached hydrogens (primary N) is 1. The minimum absolute atomic E-state index is 0.00752. The summed E-state index contributed by atoms with van der Waals surface area (Å²) in [5.41, 5.74) is 5.95. The number of benzene rings is 2. The Balaban J connectivity index is 2.11. The number of alkyl halides is 1. The molecule has 3 N–H and O–H groups in total. The van der Waals surface area contributed by atoms with Gasteiger partial charge >= 0.3 is 0 Å². The fourth-order valence-electron chi connectivity index (χ4n) is 2.83. The first kappa shape index (κ1) is 16.7. The van der Waals surface area contributed by atoms with Crippen LogP contribution in [0.2, 0.25) is 0 Å². The highest BCUT2D eigenvalue weighted by molar-refractivity contribution is 7.90. The molecule has 0 bridgehead atoms. The second-order valence-electron chi connectivity index (χ2n) is 5.71. The smallest absolute Gasteiger partial charge is 0.175 e. The summed E-state index contributed by atoms with van der Waals surface area (Å²) < 4.78 is 56.6. The second-order valence-corrected chi connectivity index (χ2v) is 7.70. The van der Waals surface area contributed by atoms with Crippen LogP contribution in [0.25, 0.3) is 0 Å². The number of aliphatic hydroxyl groups is 1. The molecule has 128 valence electrons. The van der Waals surface area contributed by atoms with Crippen LogP contribution in [0.1, 0.15) is 17.2 Å². The number of hydrogen-bond acceptors (Lipinski definition) is 5. The largest absolute Gasteiger partial charge is 0.457 e. The van der Waals surface area contributed by atoms with E-state index in [-0.39, 0.29) is 39.6 Å². The molecule has 2 aromatic rings. The molecule has 2 unspecified atom stereocenters. The molecule has 1 aliphatic carbocycles. The molecular weight excluding hydrogens is 340 g/mol. The highest BCUT2D eigenvalue weighted by Crippen LogP contribution is 2.43. The van der Waals surface area contributed by atoms with Gasteiger partial charge in [0, 0.05) is 41.6 Å². The van der Waals surface area contributed by atoms with Crippen molar-refractivity contribution in [3.05, 3.63) is 47.3 Å². The Labute approximate surface area is 137 Å². The minimum atomic E-state index is -3.65. The molecule has 24 heavy (non-hydrogen) atoms. The third-order valence-corrected chi connectivity index (χ3v) is 4.99. The molecule has 0 spiro atoms. The zero-order chi connectivity index (χ0) is 17.6. The molecule has 0 amide bonds. The van der Waals surface area contributed by atoms with Crippen LogP contribution < -0.4 is 10.5 Å². The first-order valence-corrected chi connectivity index (χ1v) is 8.98. The molecule has 0 fully saturated rings. The van der Waals surface area contributed by atoms with Crippen LogP contribution in [0.15, 0.2) is 35.2 Å². The fourth-order valence-corrected chi connectivity index (χ4v) is 3.79. The van der Waals surface area contributed by atoms with E-state index in [4.69, 9.17) is 10.5 Å². The lowest BCUT2D eigenvalue weighted by Gasteiger charge is -2.14. The number of fused-ring (bicyclic) bond motifs is 1. The predicted octanol–water partition coefficient (Wildman–Crippen LogP) is 2.53. The second kappa shape index (κ2) is 5.71. The Morgan fingerprint density at radius 2 is 2.00 bits per heavy atom. The Hall–Kier alpha value is -2.19. The molecule has 3 rings (SSSR count). The summed E-state index contributed by atoms with van der Waals surface area (Å²) in [6.07, 6.45) is -2.40. The van der Waals surface area contributed by atoms with Crippen LogP contribution in [0.5, 0.6) is 11.5 Å². The fraction of sp³-hybridized carbons (Fsp3) is 0.250. The summed E-state index contributed by atoms with van der Waals surface area (Å²) in [5, 5.41) is 10.00. The van der Waals surface area contributed by atoms with Crippen LogP contribution >= 0.6 is 0 Å². The topological polar surface area (TPSA) is 89.6 Å². The number of hydrogen-bond donors (Lipinski definition) is 2. The molecule has 0 heterocycles. The summed E-state index contributed by atoms with van der Waals surface area (Å²) >= 11 is 0. The van der Waals surface area contributed by atoms with Crippen molar-refractivity contribution in [3.8, 4) is 11.5 Å². The van der Waals surface area contributed by atoms with Gasteiger partial charge in [-0.05, 0) is 18.2 Å². The maximum absolute atomic E-state index is 13.9. The van der Waals surface area contributed by atoms with Crippen molar-refractivity contribution in [3.63, 3.8) is 0 Å². The zero-order valence-corrected chi connectivity index (χ0v) is 13.5. The van der Waals surface area contributed by atoms with E-state index in [9.17, 15) is 22.3 Å². The summed E-state index contributed by atoms with van der Waals surface area (Å²) in [6, 6.07) is 6.21. The van der Waals surface area contributed by atoms with Gasteiger partial charge in [-0.2, -0.15) is 0 Å². The molecule has 0 saturated heterocycles. The van der Waals surface area contributed by atoms with Crippen molar-refractivity contribution >= 4 is 15.5 Å². The van der Waals surface area contributed by atoms with E-state index in [1.165, 1.54) is 18.2 Å². The third kappa shape index (κ3) is 2.94. The molecular formula is C16H15F2NO4S. The molecule has 5 nitrogen and oxygen atoms in total. The molecule has 0 radical (unpaired) electrons. The Bertz CT molecular complexity index is 894. The van der Waals surface area contributed by atoms with Crippen molar-refractivity contribution in [2.45, 2.75) is 23.6 Å². The first-order chi connectivity index (χ1) is 11.2. The van der Waals surface area contributed by atoms with Crippen molar-refractivity contribution < 1.29 is 27.0 Å². The van der Waals surface area contributed by atoms with E-state index in [1.807, 2.05) is 0 Å². The van der Waals surface area contributed by atoms with Gasteiger partial charge < -0.3 is 15.6 Å². The predicted molar refractivity (Wildman–Crippen MR) is 84.0 cm³/mol. The highest BCUT2D eigenvalue weighted by atomic mass is 32.2. The van der Waals surface area contributed by atoms with Crippen molar-refractivity contribution in [2.75, 3.05) is 12.0 Å². The highest BCUT2D eigenvalue weighted by Gasteiger charge is 2.37. The van der Waals surface area contributed by atoms with Crippen LogP contribution in [0.3, 0.4) is 0 Å². The molecule has 0 aromatic heterocycles. The van der Waals surface area contributed by atoms with Gasteiger partial charge in [-0.1, -0.05) is 0 Å². The molecule has 2 aromatic carbocycles. The summed E-state index contributed by atoms with van der Waals surface area (Å²) in [6.45, 7) is 0. The Kier molecular flexibility index (Phi) is 3.97. The molecule has 0 saturated carbocycles. The van der Waals surface area contributed by atoms with Gasteiger partial charge in [-0.15, -0.1) is 0 Å². The van der Waals surface area contributed by atoms with E-state index >= 15 is 0 Å². The van der Waals surface area contributed by atoms with Crippen molar-refractivity contribution in [1.82, 2.24) is 0 Å². The third-order valence-electron chi connectivity index (χ3n) is 3.83. The zero-order valence-electron chi connectivity index (χ0n) is 12.7. The van der Waals surface area contributed by atoms with Crippen LogP contribution in [-0.4, -0.2) is 26.0 Å². The number of ether oxygens (including phenoxy) is 1. The normalized spacial score (nSPS) is 20.0. The van der Waals surface area contributed by atoms with E-state index in [0.717, 1.165) is 18.4 Å². The molecule has 0 aliphatic heterocycles. The van der Waals surface area contributed by atoms with Crippen molar-refractivity contribution in [1.29, 1.82) is 0 Å². The first-order valence-electron chi connectivity index (χ1n) is 7.08. The molecule has 1 aliphatic rings. The van der Waals surface area contributed by atoms with Gasteiger partial charge in [-0.3, -0.25) is 0 Å². The lowest BCUT2D eigenvalue weighted by molar-refractivity contribution is 0.0907. The van der Waals surface area contributed by atoms with Gasteiger partial charge in [-0.25, -0.2) is 17.2 Å². The number of aliphatic hydroxyl groups excluding tert-OH is 1. The minimum Gasteiger partial charge on any atom is -0.457 e. The Morgan fingerprint density at radius 3 is 2.62 bits per heavy atom. The van der Waals surface area contributed by atoms with Gasteiger partial charge in [0.1, 0.15) is 29.6 Å². The van der Waals surface area contributed by atoms with E-state index in [0.29, 0.717) is 0 Å². The van der Waals surface area contributed by atoms with Crippen LogP contribution in [0, 0.1) is 5.82 Å². The average Bonchev–Trinajstić information content (AvgIpc) is 2.74. The molecule has 8 heteroatoms. The number of halogens is 2. The quantitative estimate of drug-likeness (QED) is 0.826. The lowest BCUT2D eigenvalue weighted by Crippen LogP contribution is -2.10. The number of anilines is 1. The average molecular weight is 355 g/mol. The Morgan fingerprint density at radius 1 is 1.29 bits per heavy atom. The SMILES string of the molecule is CS(=O)(=O)c1ccc(Oc2cc(N)cc(F)c2)c2c1C(O)C(F)C2.